The lowest BCUT2D eigenvalue weighted by Gasteiger charge is -2.26. The molecule has 0 spiro atoms. The van der Waals surface area contributed by atoms with E-state index in [0.717, 1.165) is 5.56 Å². The predicted octanol–water partition coefficient (Wildman–Crippen LogP) is 7.43. The van der Waals surface area contributed by atoms with Gasteiger partial charge in [-0.3, -0.25) is 10.1 Å². The number of benzene rings is 3. The topological polar surface area (TPSA) is 67.9 Å². The molecule has 188 valence electrons. The van der Waals surface area contributed by atoms with Gasteiger partial charge in [-0.2, -0.15) is 0 Å². The first-order chi connectivity index (χ1) is 17.1. The van der Waals surface area contributed by atoms with Gasteiger partial charge in [0.2, 0.25) is 0 Å². The fourth-order valence-corrected chi connectivity index (χ4v) is 5.38. The van der Waals surface area contributed by atoms with Gasteiger partial charge < -0.3 is 14.4 Å². The second kappa shape index (κ2) is 12.9. The molecular weight excluding hydrogens is 655 g/mol. The average Bonchev–Trinajstić information content (AvgIpc) is 2.83. The molecule has 1 N–H and O–H groups in total. The van der Waals surface area contributed by atoms with Gasteiger partial charge in [-0.1, -0.05) is 45.2 Å². The van der Waals surface area contributed by atoms with Crippen molar-refractivity contribution in [1.82, 2.24) is 5.32 Å². The molecule has 0 heterocycles. The molecule has 0 aromatic heterocycles. The van der Waals surface area contributed by atoms with E-state index in [2.05, 4.69) is 37.2 Å². The van der Waals surface area contributed by atoms with Crippen LogP contribution in [0.15, 0.2) is 63.5 Å². The normalized spacial score (nSPS) is 10.5. The molecule has 0 saturated heterocycles. The maximum absolute atomic E-state index is 13.2. The van der Waals surface area contributed by atoms with Crippen LogP contribution in [0.2, 0.25) is 10.0 Å². The SMILES string of the molecule is CCOC(=O)c1ccc(N(Cc2ccc(Cl)cc2Cl)C(=S)NC(=O)c2cc(Br)cc(Br)c2OC)cc1. The Balaban J connectivity index is 1.95. The number of halogens is 4. The van der Waals surface area contributed by atoms with Crippen LogP contribution < -0.4 is 15.0 Å². The first-order valence-corrected chi connectivity index (χ1v) is 13.3. The summed E-state index contributed by atoms with van der Waals surface area (Å²) >= 11 is 24.9. The van der Waals surface area contributed by atoms with Gasteiger partial charge in [-0.15, -0.1) is 0 Å². The van der Waals surface area contributed by atoms with E-state index in [1.165, 1.54) is 7.11 Å². The molecule has 0 aliphatic carbocycles. The molecule has 0 aliphatic heterocycles. The lowest BCUT2D eigenvalue weighted by Crippen LogP contribution is -2.42. The molecule has 11 heteroatoms. The number of nitrogens with one attached hydrogen (secondary N) is 1. The van der Waals surface area contributed by atoms with Crippen LogP contribution in [0, 0.1) is 0 Å². The number of rotatable bonds is 7. The molecule has 6 nitrogen and oxygen atoms in total. The standard InChI is InChI=1S/C25H20Br2Cl2N2O4S/c1-3-35-24(33)14-5-8-18(9-6-14)31(13-15-4-7-17(28)12-21(15)29)25(36)30-23(32)19-10-16(26)11-20(27)22(19)34-2/h4-12H,3,13H2,1-2H3,(H,30,32,36). The smallest absolute Gasteiger partial charge is 0.338 e. The summed E-state index contributed by atoms with van der Waals surface area (Å²) in [6.07, 6.45) is 0. The zero-order valence-electron chi connectivity index (χ0n) is 19.1. The number of amides is 1. The quantitative estimate of drug-likeness (QED) is 0.208. The fraction of sp³-hybridized carbons (Fsp3) is 0.160. The molecular formula is C25H20Br2Cl2N2O4S. The summed E-state index contributed by atoms with van der Waals surface area (Å²) < 4.78 is 11.7. The van der Waals surface area contributed by atoms with Gasteiger partial charge in [0, 0.05) is 20.2 Å². The van der Waals surface area contributed by atoms with Crippen molar-refractivity contribution in [3.8, 4) is 5.75 Å². The Hall–Kier alpha value is -2.17. The highest BCUT2D eigenvalue weighted by Crippen LogP contribution is 2.33. The molecule has 36 heavy (non-hydrogen) atoms. The predicted molar refractivity (Wildman–Crippen MR) is 154 cm³/mol. The van der Waals surface area contributed by atoms with E-state index < -0.39 is 11.9 Å². The second-order valence-corrected chi connectivity index (χ2v) is 10.3. The number of anilines is 1. The van der Waals surface area contributed by atoms with Crippen LogP contribution in [-0.4, -0.2) is 30.7 Å². The van der Waals surface area contributed by atoms with Gasteiger partial charge in [-0.05, 0) is 89.2 Å². The number of methoxy groups -OCH3 is 1. The Morgan fingerprint density at radius 3 is 2.36 bits per heavy atom. The van der Waals surface area contributed by atoms with Crippen LogP contribution >= 0.6 is 67.3 Å². The lowest BCUT2D eigenvalue weighted by atomic mass is 10.1. The summed E-state index contributed by atoms with van der Waals surface area (Å²) in [6.45, 7) is 2.24. The van der Waals surface area contributed by atoms with Crippen molar-refractivity contribution in [3.05, 3.63) is 90.3 Å². The van der Waals surface area contributed by atoms with E-state index in [4.69, 9.17) is 44.9 Å². The molecule has 0 unspecified atom stereocenters. The number of thiocarbonyl (C=S) groups is 1. The van der Waals surface area contributed by atoms with Crippen LogP contribution in [0.3, 0.4) is 0 Å². The molecule has 0 radical (unpaired) electrons. The molecule has 3 aromatic rings. The van der Waals surface area contributed by atoms with Crippen molar-refractivity contribution in [3.63, 3.8) is 0 Å². The van der Waals surface area contributed by atoms with Crippen LogP contribution in [0.4, 0.5) is 5.69 Å². The van der Waals surface area contributed by atoms with E-state index in [1.807, 2.05) is 0 Å². The molecule has 3 aromatic carbocycles. The minimum absolute atomic E-state index is 0.119. The van der Waals surface area contributed by atoms with Crippen molar-refractivity contribution in [2.24, 2.45) is 0 Å². The summed E-state index contributed by atoms with van der Waals surface area (Å²) in [7, 11) is 1.48. The zero-order chi connectivity index (χ0) is 26.4. The van der Waals surface area contributed by atoms with E-state index in [1.54, 1.807) is 66.4 Å². The second-order valence-electron chi connectivity index (χ2n) is 7.32. The minimum Gasteiger partial charge on any atom is -0.495 e. The van der Waals surface area contributed by atoms with E-state index in [0.29, 0.717) is 36.0 Å². The lowest BCUT2D eigenvalue weighted by molar-refractivity contribution is 0.0526. The summed E-state index contributed by atoms with van der Waals surface area (Å²) in [5.74, 6) is -0.529. The van der Waals surface area contributed by atoms with E-state index in [9.17, 15) is 9.59 Å². The largest absolute Gasteiger partial charge is 0.495 e. The Bertz CT molecular complexity index is 1310. The van der Waals surface area contributed by atoms with Crippen LogP contribution in [0.5, 0.6) is 5.75 Å². The number of ether oxygens (including phenoxy) is 2. The Kier molecular flexibility index (Phi) is 10.2. The Morgan fingerprint density at radius 1 is 1.06 bits per heavy atom. The monoisotopic (exact) mass is 672 g/mol. The third kappa shape index (κ3) is 6.98. The first kappa shape index (κ1) is 28.4. The molecule has 0 bridgehead atoms. The van der Waals surface area contributed by atoms with Gasteiger partial charge in [-0.25, -0.2) is 4.79 Å². The Labute approximate surface area is 241 Å². The van der Waals surface area contributed by atoms with E-state index >= 15 is 0 Å². The highest BCUT2D eigenvalue weighted by atomic mass is 79.9. The number of carbonyl (C=O) groups excluding carboxylic acids is 2. The number of nitrogens with zero attached hydrogens (tertiary/aromatic N) is 1. The molecule has 3 rings (SSSR count). The summed E-state index contributed by atoms with van der Waals surface area (Å²) in [6, 6.07) is 15.2. The summed E-state index contributed by atoms with van der Waals surface area (Å²) in [5, 5.41) is 3.83. The summed E-state index contributed by atoms with van der Waals surface area (Å²) in [5.41, 5.74) is 2.03. The van der Waals surface area contributed by atoms with Crippen LogP contribution in [0.25, 0.3) is 0 Å². The first-order valence-electron chi connectivity index (χ1n) is 10.5. The van der Waals surface area contributed by atoms with Crippen LogP contribution in [-0.2, 0) is 11.3 Å². The molecule has 1 amide bonds. The van der Waals surface area contributed by atoms with Crippen molar-refractivity contribution in [1.29, 1.82) is 0 Å². The van der Waals surface area contributed by atoms with Crippen LogP contribution in [0.1, 0.15) is 33.2 Å². The third-order valence-electron chi connectivity index (χ3n) is 4.96. The van der Waals surface area contributed by atoms with Gasteiger partial charge in [0.05, 0.1) is 35.9 Å². The van der Waals surface area contributed by atoms with Crippen molar-refractivity contribution in [2.45, 2.75) is 13.5 Å². The number of esters is 1. The summed E-state index contributed by atoms with van der Waals surface area (Å²) in [4.78, 5) is 27.0. The number of carbonyl (C=O) groups is 2. The maximum Gasteiger partial charge on any atom is 0.338 e. The third-order valence-corrected chi connectivity index (χ3v) is 6.91. The van der Waals surface area contributed by atoms with Gasteiger partial charge in [0.15, 0.2) is 5.11 Å². The Morgan fingerprint density at radius 2 is 1.75 bits per heavy atom. The zero-order valence-corrected chi connectivity index (χ0v) is 24.6. The molecule has 0 atom stereocenters. The van der Waals surface area contributed by atoms with Crippen molar-refractivity contribution in [2.75, 3.05) is 18.6 Å². The van der Waals surface area contributed by atoms with Crippen molar-refractivity contribution < 1.29 is 19.1 Å². The van der Waals surface area contributed by atoms with E-state index in [-0.39, 0.29) is 23.8 Å². The average molecular weight is 675 g/mol. The molecule has 0 fully saturated rings. The minimum atomic E-state index is -0.464. The number of hydrogen-bond donors (Lipinski definition) is 1. The number of hydrogen-bond acceptors (Lipinski definition) is 5. The van der Waals surface area contributed by atoms with Gasteiger partial charge in [0.25, 0.3) is 5.91 Å². The highest BCUT2D eigenvalue weighted by Gasteiger charge is 2.22. The maximum atomic E-state index is 13.2. The van der Waals surface area contributed by atoms with Gasteiger partial charge in [0.1, 0.15) is 5.75 Å². The van der Waals surface area contributed by atoms with Crippen molar-refractivity contribution >= 4 is 90.0 Å². The van der Waals surface area contributed by atoms with Gasteiger partial charge >= 0.3 is 5.97 Å². The molecule has 0 aliphatic rings. The fourth-order valence-electron chi connectivity index (χ4n) is 3.26. The molecule has 0 saturated carbocycles. The highest BCUT2D eigenvalue weighted by molar-refractivity contribution is 9.11.